The van der Waals surface area contributed by atoms with E-state index in [9.17, 15) is 9.59 Å². The number of rotatable bonds is 6. The Balaban J connectivity index is 1.97. The molecule has 2 aromatic rings. The lowest BCUT2D eigenvalue weighted by atomic mass is 10.4. The van der Waals surface area contributed by atoms with Crippen molar-refractivity contribution < 1.29 is 9.53 Å². The first-order valence-electron chi connectivity index (χ1n) is 6.40. The summed E-state index contributed by atoms with van der Waals surface area (Å²) in [6, 6.07) is 1.83. The average Bonchev–Trinajstić information content (AvgIpc) is 2.85. The minimum atomic E-state index is -0.214. The van der Waals surface area contributed by atoms with Crippen LogP contribution in [0.5, 0.6) is 0 Å². The monoisotopic (exact) mass is 295 g/mol. The number of aromatic amines is 1. The number of H-pyrrole nitrogens is 1. The van der Waals surface area contributed by atoms with Gasteiger partial charge < -0.3 is 9.72 Å². The summed E-state index contributed by atoms with van der Waals surface area (Å²) in [4.78, 5) is 32.2. The highest BCUT2D eigenvalue weighted by Crippen LogP contribution is 2.13. The van der Waals surface area contributed by atoms with Gasteiger partial charge in [-0.2, -0.15) is 0 Å². The summed E-state index contributed by atoms with van der Waals surface area (Å²) in [5.41, 5.74) is 0.603. The molecule has 0 bridgehead atoms. The van der Waals surface area contributed by atoms with Crippen molar-refractivity contribution in [3.8, 4) is 0 Å². The molecule has 0 unspecified atom stereocenters. The summed E-state index contributed by atoms with van der Waals surface area (Å²) < 4.78 is 5.51. The van der Waals surface area contributed by atoms with Crippen LogP contribution in [-0.4, -0.2) is 41.0 Å². The molecule has 1 N–H and O–H groups in total. The van der Waals surface area contributed by atoms with Crippen LogP contribution in [0.15, 0.2) is 16.2 Å². The third-order valence-corrected chi connectivity index (χ3v) is 3.69. The smallest absolute Gasteiger partial charge is 0.307 e. The van der Waals surface area contributed by atoms with Crippen LogP contribution < -0.4 is 5.56 Å². The maximum absolute atomic E-state index is 11.8. The summed E-state index contributed by atoms with van der Waals surface area (Å²) in [5, 5.41) is 1.85. The van der Waals surface area contributed by atoms with Crippen LogP contribution in [-0.2, 0) is 16.1 Å². The number of hydrogen-bond donors (Lipinski definition) is 1. The number of ether oxygens (including phenoxy) is 1. The third kappa shape index (κ3) is 3.64. The van der Waals surface area contributed by atoms with Crippen molar-refractivity contribution in [1.82, 2.24) is 14.9 Å². The number of fused-ring (bicyclic) bond motifs is 1. The lowest BCUT2D eigenvalue weighted by Crippen LogP contribution is -2.24. The molecule has 6 nitrogen and oxygen atoms in total. The van der Waals surface area contributed by atoms with E-state index in [0.717, 1.165) is 0 Å². The average molecular weight is 295 g/mol. The molecule has 0 atom stereocenters. The zero-order valence-electron chi connectivity index (χ0n) is 11.5. The molecule has 0 fully saturated rings. The Morgan fingerprint density at radius 1 is 1.55 bits per heavy atom. The van der Waals surface area contributed by atoms with Gasteiger partial charge in [0, 0.05) is 6.54 Å². The SMILES string of the molecule is CCOC(=O)CCN(C)Cc1nc2ccsc2c(=O)[nH]1. The number of carbonyl (C=O) groups is 1. The summed E-state index contributed by atoms with van der Waals surface area (Å²) in [7, 11) is 1.87. The van der Waals surface area contributed by atoms with Crippen molar-refractivity contribution in [3.05, 3.63) is 27.6 Å². The van der Waals surface area contributed by atoms with Gasteiger partial charge in [0.15, 0.2) is 0 Å². The molecule has 2 heterocycles. The highest BCUT2D eigenvalue weighted by atomic mass is 32.1. The van der Waals surface area contributed by atoms with Gasteiger partial charge in [0.25, 0.3) is 5.56 Å². The molecular weight excluding hydrogens is 278 g/mol. The summed E-state index contributed by atoms with van der Waals surface area (Å²) >= 11 is 1.38. The highest BCUT2D eigenvalue weighted by Gasteiger charge is 2.09. The van der Waals surface area contributed by atoms with Gasteiger partial charge in [0.05, 0.1) is 25.1 Å². The molecule has 0 aliphatic rings. The van der Waals surface area contributed by atoms with Gasteiger partial charge in [-0.25, -0.2) is 4.98 Å². The van der Waals surface area contributed by atoms with E-state index in [0.29, 0.717) is 42.2 Å². The third-order valence-electron chi connectivity index (χ3n) is 2.79. The van der Waals surface area contributed by atoms with Crippen molar-refractivity contribution in [2.45, 2.75) is 19.9 Å². The first-order valence-corrected chi connectivity index (χ1v) is 7.28. The number of aromatic nitrogens is 2. The van der Waals surface area contributed by atoms with Gasteiger partial charge in [0.2, 0.25) is 0 Å². The van der Waals surface area contributed by atoms with E-state index in [4.69, 9.17) is 4.74 Å². The van der Waals surface area contributed by atoms with Gasteiger partial charge in [-0.15, -0.1) is 11.3 Å². The Morgan fingerprint density at radius 2 is 2.35 bits per heavy atom. The van der Waals surface area contributed by atoms with Gasteiger partial charge >= 0.3 is 5.97 Å². The lowest BCUT2D eigenvalue weighted by Gasteiger charge is -2.15. The van der Waals surface area contributed by atoms with Crippen LogP contribution in [0.25, 0.3) is 10.2 Å². The molecule has 2 rings (SSSR count). The van der Waals surface area contributed by atoms with E-state index in [-0.39, 0.29) is 11.5 Å². The van der Waals surface area contributed by atoms with Crippen LogP contribution in [0.2, 0.25) is 0 Å². The largest absolute Gasteiger partial charge is 0.466 e. The Hall–Kier alpha value is -1.73. The van der Waals surface area contributed by atoms with E-state index in [1.165, 1.54) is 11.3 Å². The molecule has 7 heteroatoms. The molecule has 0 aliphatic carbocycles. The quantitative estimate of drug-likeness (QED) is 0.815. The second-order valence-electron chi connectivity index (χ2n) is 4.44. The number of esters is 1. The molecule has 2 aromatic heterocycles. The van der Waals surface area contributed by atoms with Crippen molar-refractivity contribution in [3.63, 3.8) is 0 Å². The van der Waals surface area contributed by atoms with Gasteiger partial charge in [-0.1, -0.05) is 0 Å². The summed E-state index contributed by atoms with van der Waals surface area (Å²) in [5.74, 6) is 0.390. The van der Waals surface area contributed by atoms with Crippen molar-refractivity contribution in [2.75, 3.05) is 20.2 Å². The van der Waals surface area contributed by atoms with Gasteiger partial charge in [-0.3, -0.25) is 14.5 Å². The van der Waals surface area contributed by atoms with Crippen LogP contribution in [0, 0.1) is 0 Å². The predicted octanol–water partition coefficient (Wildman–Crippen LogP) is 1.37. The highest BCUT2D eigenvalue weighted by molar-refractivity contribution is 7.17. The Bertz CT molecular complexity index is 650. The van der Waals surface area contributed by atoms with Crippen molar-refractivity contribution in [1.29, 1.82) is 0 Å². The molecule has 0 aliphatic heterocycles. The molecule has 20 heavy (non-hydrogen) atoms. The van der Waals surface area contributed by atoms with E-state index in [1.807, 2.05) is 23.4 Å². The first kappa shape index (κ1) is 14.7. The molecule has 0 aromatic carbocycles. The zero-order valence-corrected chi connectivity index (χ0v) is 12.3. The fourth-order valence-electron chi connectivity index (χ4n) is 1.85. The Labute approximate surface area is 120 Å². The van der Waals surface area contributed by atoms with E-state index >= 15 is 0 Å². The maximum Gasteiger partial charge on any atom is 0.307 e. The van der Waals surface area contributed by atoms with Crippen LogP contribution >= 0.6 is 11.3 Å². The summed E-state index contributed by atoms with van der Waals surface area (Å²) in [6.45, 7) is 3.23. The van der Waals surface area contributed by atoms with Crippen molar-refractivity contribution >= 4 is 27.5 Å². The second-order valence-corrected chi connectivity index (χ2v) is 5.36. The number of nitrogens with zero attached hydrogens (tertiary/aromatic N) is 2. The topological polar surface area (TPSA) is 75.3 Å². The van der Waals surface area contributed by atoms with Crippen molar-refractivity contribution in [2.24, 2.45) is 0 Å². The summed E-state index contributed by atoms with van der Waals surface area (Å²) in [6.07, 6.45) is 0.329. The normalized spacial score (nSPS) is 11.2. The Kier molecular flexibility index (Phi) is 4.86. The fourth-order valence-corrected chi connectivity index (χ4v) is 2.57. The number of carbonyl (C=O) groups excluding carboxylic acids is 1. The minimum Gasteiger partial charge on any atom is -0.466 e. The molecule has 0 amide bonds. The predicted molar refractivity (Wildman–Crippen MR) is 77.8 cm³/mol. The van der Waals surface area contributed by atoms with E-state index in [2.05, 4.69) is 9.97 Å². The second kappa shape index (κ2) is 6.62. The molecule has 0 saturated carbocycles. The molecule has 0 spiro atoms. The zero-order chi connectivity index (χ0) is 14.5. The van der Waals surface area contributed by atoms with Crippen LogP contribution in [0.1, 0.15) is 19.2 Å². The fraction of sp³-hybridized carbons (Fsp3) is 0.462. The van der Waals surface area contributed by atoms with E-state index in [1.54, 1.807) is 6.92 Å². The van der Waals surface area contributed by atoms with E-state index < -0.39 is 0 Å². The van der Waals surface area contributed by atoms with Crippen LogP contribution in [0.3, 0.4) is 0 Å². The molecule has 108 valence electrons. The standard InChI is InChI=1S/C13H17N3O3S/c1-3-19-11(17)4-6-16(2)8-10-14-9-5-7-20-12(9)13(18)15-10/h5,7H,3-4,6,8H2,1-2H3,(H,14,15,18). The molecule has 0 radical (unpaired) electrons. The number of hydrogen-bond acceptors (Lipinski definition) is 6. The van der Waals surface area contributed by atoms with Gasteiger partial charge in [0.1, 0.15) is 10.5 Å². The van der Waals surface area contributed by atoms with Crippen LogP contribution in [0.4, 0.5) is 0 Å². The maximum atomic E-state index is 11.8. The number of thiophene rings is 1. The lowest BCUT2D eigenvalue weighted by molar-refractivity contribution is -0.143. The Morgan fingerprint density at radius 3 is 3.10 bits per heavy atom. The number of nitrogens with one attached hydrogen (secondary N) is 1. The molecular formula is C13H17N3O3S. The first-order chi connectivity index (χ1) is 9.60. The molecule has 0 saturated heterocycles. The minimum absolute atomic E-state index is 0.112. The van der Waals surface area contributed by atoms with Gasteiger partial charge in [-0.05, 0) is 25.4 Å².